The van der Waals surface area contributed by atoms with Crippen molar-refractivity contribution >= 4 is 6.03 Å². The standard InChI is InChI=1S/C30H41N3O5/c1-23(2)20-30(35)29(32(15-16-36-3)28(34)33(30)22-24-9-7-6-8-10-24)11-13-31(14-12-29)21-25-17-26(37-4)19-27(18-25)38-5/h6-10,17-20,35H,11-16,21-22H2,1-5H3. The fourth-order valence-electron chi connectivity index (χ4n) is 5.92. The highest BCUT2D eigenvalue weighted by Crippen LogP contribution is 2.48. The Hall–Kier alpha value is -3.07. The molecule has 0 radical (unpaired) electrons. The maximum absolute atomic E-state index is 14.0. The van der Waals surface area contributed by atoms with E-state index in [1.165, 1.54) is 0 Å². The molecule has 0 saturated carbocycles. The Balaban J connectivity index is 1.64. The first-order chi connectivity index (χ1) is 18.3. The van der Waals surface area contributed by atoms with E-state index in [-0.39, 0.29) is 6.03 Å². The summed E-state index contributed by atoms with van der Waals surface area (Å²) in [6.07, 6.45) is 3.15. The zero-order chi connectivity index (χ0) is 27.3. The van der Waals surface area contributed by atoms with Crippen LogP contribution in [0, 0.1) is 0 Å². The van der Waals surface area contributed by atoms with Gasteiger partial charge < -0.3 is 24.2 Å². The van der Waals surface area contributed by atoms with E-state index < -0.39 is 11.3 Å². The minimum atomic E-state index is -1.45. The summed E-state index contributed by atoms with van der Waals surface area (Å²) >= 11 is 0. The zero-order valence-corrected chi connectivity index (χ0v) is 23.3. The number of allylic oxidation sites excluding steroid dienone is 1. The quantitative estimate of drug-likeness (QED) is 0.469. The van der Waals surface area contributed by atoms with Gasteiger partial charge in [-0.25, -0.2) is 4.79 Å². The van der Waals surface area contributed by atoms with Crippen molar-refractivity contribution in [3.05, 3.63) is 71.3 Å². The predicted molar refractivity (Wildman–Crippen MR) is 147 cm³/mol. The van der Waals surface area contributed by atoms with Gasteiger partial charge in [-0.3, -0.25) is 9.80 Å². The van der Waals surface area contributed by atoms with Crippen molar-refractivity contribution in [2.24, 2.45) is 0 Å². The van der Waals surface area contributed by atoms with Crippen LogP contribution in [0.3, 0.4) is 0 Å². The van der Waals surface area contributed by atoms with Crippen molar-refractivity contribution in [2.45, 2.75) is 51.0 Å². The molecular formula is C30H41N3O5. The van der Waals surface area contributed by atoms with Gasteiger partial charge in [0.1, 0.15) is 11.5 Å². The first kappa shape index (κ1) is 28.0. The van der Waals surface area contributed by atoms with E-state index in [1.54, 1.807) is 26.2 Å². The second-order valence-electron chi connectivity index (χ2n) is 10.5. The number of methoxy groups -OCH3 is 3. The molecule has 2 amide bonds. The number of rotatable bonds is 10. The lowest BCUT2D eigenvalue weighted by Crippen LogP contribution is -2.65. The highest BCUT2D eigenvalue weighted by molar-refractivity contribution is 5.80. The molecule has 2 aromatic carbocycles. The Morgan fingerprint density at radius 3 is 2.11 bits per heavy atom. The predicted octanol–water partition coefficient (Wildman–Crippen LogP) is 4.28. The van der Waals surface area contributed by atoms with E-state index in [2.05, 4.69) is 4.90 Å². The fraction of sp³-hybridized carbons (Fsp3) is 0.500. The van der Waals surface area contributed by atoms with Crippen molar-refractivity contribution in [1.29, 1.82) is 0 Å². The molecule has 1 atom stereocenters. The van der Waals surface area contributed by atoms with E-state index in [4.69, 9.17) is 14.2 Å². The van der Waals surface area contributed by atoms with Crippen LogP contribution in [0.1, 0.15) is 37.8 Å². The lowest BCUT2D eigenvalue weighted by atomic mass is 9.76. The fourth-order valence-corrected chi connectivity index (χ4v) is 5.92. The van der Waals surface area contributed by atoms with Crippen LogP contribution in [-0.2, 0) is 17.8 Å². The SMILES string of the molecule is COCCN1C(=O)N(Cc2ccccc2)C(O)(C=C(C)C)C12CCN(Cc1cc(OC)cc(OC)c1)CC2. The molecular weight excluding hydrogens is 482 g/mol. The maximum Gasteiger partial charge on any atom is 0.323 e. The summed E-state index contributed by atoms with van der Waals surface area (Å²) in [6, 6.07) is 15.6. The second-order valence-corrected chi connectivity index (χ2v) is 10.5. The summed E-state index contributed by atoms with van der Waals surface area (Å²) in [6.45, 7) is 7.29. The summed E-state index contributed by atoms with van der Waals surface area (Å²) in [5.74, 6) is 1.52. The zero-order valence-electron chi connectivity index (χ0n) is 23.3. The largest absolute Gasteiger partial charge is 0.497 e. The van der Waals surface area contributed by atoms with Crippen molar-refractivity contribution in [3.8, 4) is 11.5 Å². The minimum Gasteiger partial charge on any atom is -0.497 e. The van der Waals surface area contributed by atoms with Gasteiger partial charge in [0.2, 0.25) is 0 Å². The summed E-state index contributed by atoms with van der Waals surface area (Å²) in [5.41, 5.74) is 0.836. The van der Waals surface area contributed by atoms with E-state index >= 15 is 0 Å². The Bertz CT molecular complexity index is 1100. The van der Waals surface area contributed by atoms with Crippen molar-refractivity contribution in [3.63, 3.8) is 0 Å². The molecule has 2 aliphatic rings. The number of amides is 2. The monoisotopic (exact) mass is 523 g/mol. The third kappa shape index (κ3) is 5.39. The molecule has 1 unspecified atom stereocenters. The number of likely N-dealkylation sites (tertiary alicyclic amines) is 1. The van der Waals surface area contributed by atoms with Crippen molar-refractivity contribution < 1.29 is 24.1 Å². The molecule has 1 spiro atoms. The van der Waals surface area contributed by atoms with Gasteiger partial charge in [0.25, 0.3) is 0 Å². The highest BCUT2D eigenvalue weighted by Gasteiger charge is 2.65. The maximum atomic E-state index is 14.0. The number of hydrogen-bond acceptors (Lipinski definition) is 6. The van der Waals surface area contributed by atoms with Crippen LogP contribution in [0.25, 0.3) is 0 Å². The van der Waals surface area contributed by atoms with Crippen LogP contribution in [-0.4, -0.2) is 84.7 Å². The van der Waals surface area contributed by atoms with Crippen LogP contribution >= 0.6 is 0 Å². The number of nitrogens with zero attached hydrogens (tertiary/aromatic N) is 3. The van der Waals surface area contributed by atoms with E-state index in [9.17, 15) is 9.90 Å². The number of piperidine rings is 1. The average Bonchev–Trinajstić information content (AvgIpc) is 3.06. The summed E-state index contributed by atoms with van der Waals surface area (Å²) in [4.78, 5) is 19.8. The molecule has 4 rings (SSSR count). The van der Waals surface area contributed by atoms with Gasteiger partial charge in [-0.15, -0.1) is 0 Å². The van der Waals surface area contributed by atoms with Gasteiger partial charge in [-0.05, 0) is 56.0 Å². The molecule has 8 heteroatoms. The summed E-state index contributed by atoms with van der Waals surface area (Å²) in [7, 11) is 4.95. The van der Waals surface area contributed by atoms with Gasteiger partial charge in [0, 0.05) is 39.4 Å². The normalized spacial score (nSPS) is 21.2. The highest BCUT2D eigenvalue weighted by atomic mass is 16.5. The van der Waals surface area contributed by atoms with Gasteiger partial charge in [-0.2, -0.15) is 0 Å². The summed E-state index contributed by atoms with van der Waals surface area (Å²) < 4.78 is 16.3. The van der Waals surface area contributed by atoms with E-state index in [1.807, 2.05) is 73.4 Å². The molecule has 206 valence electrons. The van der Waals surface area contributed by atoms with E-state index in [0.29, 0.717) is 32.5 Å². The topological polar surface area (TPSA) is 74.7 Å². The molecule has 2 heterocycles. The minimum absolute atomic E-state index is 0.156. The lowest BCUT2D eigenvalue weighted by molar-refractivity contribution is -0.119. The van der Waals surface area contributed by atoms with Crippen LogP contribution < -0.4 is 9.47 Å². The van der Waals surface area contributed by atoms with Gasteiger partial charge >= 0.3 is 6.03 Å². The van der Waals surface area contributed by atoms with Crippen LogP contribution in [0.5, 0.6) is 11.5 Å². The Labute approximate surface area is 226 Å². The van der Waals surface area contributed by atoms with Gasteiger partial charge in [0.15, 0.2) is 5.72 Å². The molecule has 8 nitrogen and oxygen atoms in total. The number of ether oxygens (including phenoxy) is 3. The smallest absolute Gasteiger partial charge is 0.323 e. The molecule has 2 saturated heterocycles. The Morgan fingerprint density at radius 1 is 0.921 bits per heavy atom. The van der Waals surface area contributed by atoms with Gasteiger partial charge in [0.05, 0.1) is 32.9 Å². The third-order valence-electron chi connectivity index (χ3n) is 7.77. The number of benzene rings is 2. The number of hydrogen-bond donors (Lipinski definition) is 1. The molecule has 38 heavy (non-hydrogen) atoms. The molecule has 2 aliphatic heterocycles. The van der Waals surface area contributed by atoms with Crippen LogP contribution in [0.15, 0.2) is 60.2 Å². The molecule has 0 aliphatic carbocycles. The third-order valence-corrected chi connectivity index (χ3v) is 7.77. The number of carbonyl (C=O) groups is 1. The van der Waals surface area contributed by atoms with Gasteiger partial charge in [-0.1, -0.05) is 35.9 Å². The Kier molecular flexibility index (Phi) is 8.65. The van der Waals surface area contributed by atoms with Crippen molar-refractivity contribution in [2.75, 3.05) is 47.6 Å². The van der Waals surface area contributed by atoms with Crippen LogP contribution in [0.2, 0.25) is 0 Å². The van der Waals surface area contributed by atoms with Crippen molar-refractivity contribution in [1.82, 2.24) is 14.7 Å². The first-order valence-corrected chi connectivity index (χ1v) is 13.2. The molecule has 2 fully saturated rings. The molecule has 0 bridgehead atoms. The second kappa shape index (κ2) is 11.8. The Morgan fingerprint density at radius 2 is 1.55 bits per heavy atom. The number of aliphatic hydroxyl groups is 1. The molecule has 1 N–H and O–H groups in total. The number of urea groups is 1. The average molecular weight is 524 g/mol. The van der Waals surface area contributed by atoms with Crippen LogP contribution in [0.4, 0.5) is 4.79 Å². The molecule has 2 aromatic rings. The molecule has 0 aromatic heterocycles. The first-order valence-electron chi connectivity index (χ1n) is 13.2. The lowest BCUT2D eigenvalue weighted by Gasteiger charge is -2.50. The van der Waals surface area contributed by atoms with E-state index in [0.717, 1.165) is 47.8 Å². The summed E-state index contributed by atoms with van der Waals surface area (Å²) in [5, 5.41) is 12.5. The number of carbonyl (C=O) groups excluding carboxylic acids is 1.